The first-order chi connectivity index (χ1) is 12.8. The highest BCUT2D eigenvalue weighted by atomic mass is 16.2. The highest BCUT2D eigenvalue weighted by molar-refractivity contribution is 6.10. The van der Waals surface area contributed by atoms with Crippen molar-refractivity contribution in [3.05, 3.63) is 59.4 Å². The molecule has 3 heterocycles. The number of nitrogens with one attached hydrogen (secondary N) is 2. The van der Waals surface area contributed by atoms with Crippen LogP contribution in [-0.2, 0) is 12.0 Å². The van der Waals surface area contributed by atoms with E-state index in [0.717, 1.165) is 5.56 Å². The highest BCUT2D eigenvalue weighted by Crippen LogP contribution is 2.19. The van der Waals surface area contributed by atoms with Crippen molar-refractivity contribution in [2.75, 3.05) is 5.32 Å². The number of aromatic nitrogens is 5. The lowest BCUT2D eigenvalue weighted by molar-refractivity contribution is 0.0970. The van der Waals surface area contributed by atoms with Crippen molar-refractivity contribution in [2.45, 2.75) is 32.7 Å². The second-order valence-corrected chi connectivity index (χ2v) is 7.14. The average Bonchev–Trinajstić information content (AvgIpc) is 3.22. The maximum atomic E-state index is 12.6. The van der Waals surface area contributed by atoms with E-state index in [4.69, 9.17) is 5.73 Å². The molecule has 0 bridgehead atoms. The summed E-state index contributed by atoms with van der Waals surface area (Å²) < 4.78 is 1.63. The molecule has 3 rings (SSSR count). The van der Waals surface area contributed by atoms with Crippen molar-refractivity contribution in [1.82, 2.24) is 24.7 Å². The van der Waals surface area contributed by atoms with Gasteiger partial charge >= 0.3 is 0 Å². The highest BCUT2D eigenvalue weighted by Gasteiger charge is 2.23. The Bertz CT molecular complexity index is 967. The Morgan fingerprint density at radius 2 is 1.93 bits per heavy atom. The molecule has 0 radical (unpaired) electrons. The van der Waals surface area contributed by atoms with Gasteiger partial charge in [0.05, 0.1) is 5.56 Å². The minimum Gasteiger partial charge on any atom is -0.364 e. The van der Waals surface area contributed by atoms with E-state index in [1.807, 2.05) is 32.9 Å². The number of nitrogens with zero attached hydrogens (tertiary/aromatic N) is 4. The van der Waals surface area contributed by atoms with Crippen LogP contribution in [0.15, 0.2) is 36.8 Å². The van der Waals surface area contributed by atoms with Gasteiger partial charge in [-0.2, -0.15) is 4.98 Å². The summed E-state index contributed by atoms with van der Waals surface area (Å²) in [6, 6.07) is 5.20. The Morgan fingerprint density at radius 1 is 1.22 bits per heavy atom. The molecule has 140 valence electrons. The molecule has 3 aromatic rings. The first-order valence-electron chi connectivity index (χ1n) is 8.38. The Kier molecular flexibility index (Phi) is 4.76. The largest absolute Gasteiger partial charge is 0.364 e. The molecular weight excluding hydrogens is 346 g/mol. The second-order valence-electron chi connectivity index (χ2n) is 7.14. The number of primary amides is 1. The van der Waals surface area contributed by atoms with Crippen LogP contribution in [0.2, 0.25) is 0 Å². The van der Waals surface area contributed by atoms with Gasteiger partial charge in [0.25, 0.3) is 11.8 Å². The van der Waals surface area contributed by atoms with E-state index in [1.165, 1.54) is 0 Å². The van der Waals surface area contributed by atoms with Crippen molar-refractivity contribution in [2.24, 2.45) is 5.73 Å². The predicted molar refractivity (Wildman–Crippen MR) is 99.3 cm³/mol. The molecule has 0 unspecified atom stereocenters. The van der Waals surface area contributed by atoms with Crippen molar-refractivity contribution >= 4 is 17.8 Å². The topological polar surface area (TPSA) is 132 Å². The summed E-state index contributed by atoms with van der Waals surface area (Å²) in [6.07, 6.45) is 4.97. The lowest BCUT2D eigenvalue weighted by atomic mass is 9.96. The van der Waals surface area contributed by atoms with E-state index in [1.54, 1.807) is 29.2 Å². The second kappa shape index (κ2) is 7.02. The Labute approximate surface area is 156 Å². The van der Waals surface area contributed by atoms with Gasteiger partial charge < -0.3 is 10.3 Å². The lowest BCUT2D eigenvalue weighted by Crippen LogP contribution is -2.23. The third-order valence-corrected chi connectivity index (χ3v) is 3.96. The standard InChI is InChI=1S/C18H21N7O2/c1-18(2,3)16-22-17(24-23-16)21-15(27)12-6-9-25(13(12)14(19)26)10-11-4-7-20-8-5-11/h4-9H,10H2,1-3H3,(H2,19,26)(H2,21,22,23,24,27). The normalized spacial score (nSPS) is 11.4. The van der Waals surface area contributed by atoms with E-state index >= 15 is 0 Å². The average molecular weight is 367 g/mol. The minimum absolute atomic E-state index is 0.121. The van der Waals surface area contributed by atoms with Crippen LogP contribution in [0.5, 0.6) is 0 Å². The molecule has 0 spiro atoms. The molecule has 0 saturated carbocycles. The molecule has 9 heteroatoms. The molecule has 0 saturated heterocycles. The Morgan fingerprint density at radius 3 is 2.52 bits per heavy atom. The van der Waals surface area contributed by atoms with Crippen LogP contribution in [0, 0.1) is 0 Å². The van der Waals surface area contributed by atoms with Gasteiger partial charge in [0.15, 0.2) is 0 Å². The van der Waals surface area contributed by atoms with Gasteiger partial charge in [-0.05, 0) is 23.8 Å². The molecule has 0 aliphatic carbocycles. The molecular formula is C18H21N7O2. The number of rotatable bonds is 5. The van der Waals surface area contributed by atoms with Gasteiger partial charge in [-0.25, -0.2) is 0 Å². The van der Waals surface area contributed by atoms with Crippen LogP contribution >= 0.6 is 0 Å². The Hall–Kier alpha value is -3.49. The van der Waals surface area contributed by atoms with Gasteiger partial charge in [-0.3, -0.25) is 25.0 Å². The number of hydrogen-bond acceptors (Lipinski definition) is 5. The van der Waals surface area contributed by atoms with Crippen LogP contribution in [0.3, 0.4) is 0 Å². The zero-order valence-corrected chi connectivity index (χ0v) is 15.4. The summed E-state index contributed by atoms with van der Waals surface area (Å²) in [4.78, 5) is 32.8. The number of amides is 2. The zero-order valence-electron chi connectivity index (χ0n) is 15.4. The number of carbonyl (C=O) groups excluding carboxylic acids is 2. The number of anilines is 1. The molecule has 2 amide bonds. The minimum atomic E-state index is -0.690. The van der Waals surface area contributed by atoms with Crippen LogP contribution in [-0.4, -0.2) is 36.5 Å². The van der Waals surface area contributed by atoms with Gasteiger partial charge in [0.2, 0.25) is 5.95 Å². The molecule has 9 nitrogen and oxygen atoms in total. The number of aromatic amines is 1. The van der Waals surface area contributed by atoms with Crippen LogP contribution < -0.4 is 11.1 Å². The van der Waals surface area contributed by atoms with E-state index < -0.39 is 11.8 Å². The van der Waals surface area contributed by atoms with Gasteiger partial charge in [0, 0.05) is 30.6 Å². The monoisotopic (exact) mass is 367 g/mol. The summed E-state index contributed by atoms with van der Waals surface area (Å²) in [5.74, 6) is -0.410. The van der Waals surface area contributed by atoms with Crippen molar-refractivity contribution in [1.29, 1.82) is 0 Å². The maximum absolute atomic E-state index is 12.6. The summed E-state index contributed by atoms with van der Waals surface area (Å²) in [6.45, 7) is 6.32. The SMILES string of the molecule is CC(C)(C)c1nc(NC(=O)c2ccn(Cc3ccncc3)c2C(N)=O)n[nH]1. The van der Waals surface area contributed by atoms with E-state index in [-0.39, 0.29) is 22.6 Å². The van der Waals surface area contributed by atoms with E-state index in [0.29, 0.717) is 12.4 Å². The summed E-state index contributed by atoms with van der Waals surface area (Å²) in [7, 11) is 0. The van der Waals surface area contributed by atoms with Crippen molar-refractivity contribution in [3.63, 3.8) is 0 Å². The molecule has 0 aromatic carbocycles. The number of hydrogen-bond donors (Lipinski definition) is 3. The molecule has 0 fully saturated rings. The number of nitrogens with two attached hydrogens (primary N) is 1. The number of pyridine rings is 1. The third kappa shape index (κ3) is 4.02. The summed E-state index contributed by atoms with van der Waals surface area (Å²) in [5.41, 5.74) is 6.50. The van der Waals surface area contributed by atoms with Crippen molar-refractivity contribution < 1.29 is 9.59 Å². The Balaban J connectivity index is 1.84. The summed E-state index contributed by atoms with van der Waals surface area (Å²) >= 11 is 0. The molecule has 4 N–H and O–H groups in total. The number of carbonyl (C=O) groups is 2. The number of H-pyrrole nitrogens is 1. The van der Waals surface area contributed by atoms with Gasteiger partial charge in [-0.15, -0.1) is 5.10 Å². The fourth-order valence-electron chi connectivity index (χ4n) is 2.57. The summed E-state index contributed by atoms with van der Waals surface area (Å²) in [5, 5.41) is 9.40. The van der Waals surface area contributed by atoms with E-state index in [9.17, 15) is 9.59 Å². The fraction of sp³-hybridized carbons (Fsp3) is 0.278. The molecule has 0 atom stereocenters. The first-order valence-corrected chi connectivity index (χ1v) is 8.38. The quantitative estimate of drug-likeness (QED) is 0.631. The molecule has 0 aliphatic heterocycles. The molecule has 0 aliphatic rings. The third-order valence-electron chi connectivity index (χ3n) is 3.96. The van der Waals surface area contributed by atoms with E-state index in [2.05, 4.69) is 25.5 Å². The zero-order chi connectivity index (χ0) is 19.6. The van der Waals surface area contributed by atoms with Crippen LogP contribution in [0.25, 0.3) is 0 Å². The smallest absolute Gasteiger partial charge is 0.266 e. The predicted octanol–water partition coefficient (Wildman–Crippen LogP) is 1.70. The van der Waals surface area contributed by atoms with Crippen LogP contribution in [0.1, 0.15) is 53.0 Å². The lowest BCUT2D eigenvalue weighted by Gasteiger charge is -2.12. The van der Waals surface area contributed by atoms with Crippen molar-refractivity contribution in [3.8, 4) is 0 Å². The maximum Gasteiger partial charge on any atom is 0.266 e. The van der Waals surface area contributed by atoms with Crippen LogP contribution in [0.4, 0.5) is 5.95 Å². The molecule has 27 heavy (non-hydrogen) atoms. The van der Waals surface area contributed by atoms with Gasteiger partial charge in [-0.1, -0.05) is 20.8 Å². The fourth-order valence-corrected chi connectivity index (χ4v) is 2.57. The first kappa shape index (κ1) is 18.3. The molecule has 3 aromatic heterocycles. The van der Waals surface area contributed by atoms with Gasteiger partial charge in [0.1, 0.15) is 11.5 Å².